The Morgan fingerprint density at radius 2 is 2.16 bits per heavy atom. The standard InChI is InChI=1S/C12H12N2O5/c1-19-9-3-2-8(10(6-9)14(17)18)7-13-5-4-11(15)12(13)16/h2-3,6H,4-5,7H2,1H3. The van der Waals surface area contributed by atoms with Gasteiger partial charge in [0.1, 0.15) is 5.75 Å². The van der Waals surface area contributed by atoms with Gasteiger partial charge in [-0.3, -0.25) is 19.7 Å². The lowest BCUT2D eigenvalue weighted by Gasteiger charge is -2.14. The number of amides is 1. The Morgan fingerprint density at radius 3 is 2.68 bits per heavy atom. The first-order chi connectivity index (χ1) is 9.02. The van der Waals surface area contributed by atoms with Crippen LogP contribution in [-0.4, -0.2) is 35.2 Å². The number of Topliss-reactive ketones (excluding diaryl/α,β-unsaturated/α-hetero) is 1. The monoisotopic (exact) mass is 264 g/mol. The molecular weight excluding hydrogens is 252 g/mol. The number of ether oxygens (including phenoxy) is 1. The van der Waals surface area contributed by atoms with Gasteiger partial charge in [-0.15, -0.1) is 0 Å². The van der Waals surface area contributed by atoms with Crippen molar-refractivity contribution in [3.05, 3.63) is 33.9 Å². The van der Waals surface area contributed by atoms with Gasteiger partial charge in [0.25, 0.3) is 11.6 Å². The highest BCUT2D eigenvalue weighted by Crippen LogP contribution is 2.26. The lowest BCUT2D eigenvalue weighted by molar-refractivity contribution is -0.385. The second-order valence-corrected chi connectivity index (χ2v) is 4.15. The van der Waals surface area contributed by atoms with Crippen LogP contribution in [-0.2, 0) is 16.1 Å². The summed E-state index contributed by atoms with van der Waals surface area (Å²) in [7, 11) is 1.42. The molecule has 1 aliphatic heterocycles. The number of nitro groups is 1. The van der Waals surface area contributed by atoms with Crippen molar-refractivity contribution in [1.29, 1.82) is 0 Å². The highest BCUT2D eigenvalue weighted by molar-refractivity contribution is 6.37. The van der Waals surface area contributed by atoms with Crippen LogP contribution in [0.4, 0.5) is 5.69 Å². The van der Waals surface area contributed by atoms with Crippen LogP contribution >= 0.6 is 0 Å². The molecule has 19 heavy (non-hydrogen) atoms. The normalized spacial score (nSPS) is 14.9. The Bertz CT molecular complexity index is 555. The molecule has 1 aromatic rings. The minimum absolute atomic E-state index is 0.0604. The third-order valence-electron chi connectivity index (χ3n) is 2.98. The molecule has 0 radical (unpaired) electrons. The molecule has 1 aliphatic rings. The molecule has 2 rings (SSSR count). The number of nitro benzene ring substituents is 1. The summed E-state index contributed by atoms with van der Waals surface area (Å²) in [5.74, 6) is -0.652. The number of rotatable bonds is 4. The van der Waals surface area contributed by atoms with E-state index in [9.17, 15) is 19.7 Å². The lowest BCUT2D eigenvalue weighted by Crippen LogP contribution is -2.27. The quantitative estimate of drug-likeness (QED) is 0.458. The molecular formula is C12H12N2O5. The Kier molecular flexibility index (Phi) is 3.46. The van der Waals surface area contributed by atoms with E-state index in [1.54, 1.807) is 6.07 Å². The fraction of sp³-hybridized carbons (Fsp3) is 0.333. The van der Waals surface area contributed by atoms with Gasteiger partial charge in [0.05, 0.1) is 24.6 Å². The number of likely N-dealkylation sites (tertiary alicyclic amines) is 1. The van der Waals surface area contributed by atoms with Crippen LogP contribution < -0.4 is 4.74 Å². The van der Waals surface area contributed by atoms with E-state index in [4.69, 9.17) is 4.74 Å². The molecule has 1 amide bonds. The summed E-state index contributed by atoms with van der Waals surface area (Å²) in [5, 5.41) is 11.0. The lowest BCUT2D eigenvalue weighted by atomic mass is 10.1. The molecule has 7 heteroatoms. The van der Waals surface area contributed by atoms with E-state index in [2.05, 4.69) is 0 Å². The minimum atomic E-state index is -0.579. The van der Waals surface area contributed by atoms with Crippen molar-refractivity contribution < 1.29 is 19.2 Å². The second kappa shape index (κ2) is 5.05. The summed E-state index contributed by atoms with van der Waals surface area (Å²) < 4.78 is 4.93. The van der Waals surface area contributed by atoms with Gasteiger partial charge < -0.3 is 9.64 Å². The van der Waals surface area contributed by atoms with Gasteiger partial charge >= 0.3 is 0 Å². The molecule has 7 nitrogen and oxygen atoms in total. The van der Waals surface area contributed by atoms with Crippen LogP contribution in [0.2, 0.25) is 0 Å². The van der Waals surface area contributed by atoms with Crippen molar-refractivity contribution in [3.8, 4) is 5.75 Å². The number of methoxy groups -OCH3 is 1. The zero-order valence-electron chi connectivity index (χ0n) is 10.3. The topological polar surface area (TPSA) is 89.8 Å². The smallest absolute Gasteiger partial charge is 0.290 e. The number of hydrogen-bond donors (Lipinski definition) is 0. The van der Waals surface area contributed by atoms with Gasteiger partial charge in [0, 0.05) is 18.5 Å². The molecule has 0 spiro atoms. The van der Waals surface area contributed by atoms with Crippen LogP contribution in [0.3, 0.4) is 0 Å². The molecule has 0 aliphatic carbocycles. The third kappa shape index (κ3) is 2.54. The van der Waals surface area contributed by atoms with Crippen molar-refractivity contribution in [2.75, 3.05) is 13.7 Å². The average Bonchev–Trinajstić information content (AvgIpc) is 2.71. The van der Waals surface area contributed by atoms with E-state index in [1.807, 2.05) is 0 Å². The molecule has 0 aromatic heterocycles. The summed E-state index contributed by atoms with van der Waals surface area (Å²) in [6.45, 7) is 0.367. The second-order valence-electron chi connectivity index (χ2n) is 4.15. The number of hydrogen-bond acceptors (Lipinski definition) is 5. The van der Waals surface area contributed by atoms with Gasteiger partial charge in [0.2, 0.25) is 5.78 Å². The number of carbonyl (C=O) groups excluding carboxylic acids is 2. The highest BCUT2D eigenvalue weighted by atomic mass is 16.6. The molecule has 100 valence electrons. The SMILES string of the molecule is COc1ccc(CN2CCC(=O)C2=O)c([N+](=O)[O-])c1. The number of ketones is 1. The maximum absolute atomic E-state index is 11.5. The van der Waals surface area contributed by atoms with Crippen molar-refractivity contribution in [3.63, 3.8) is 0 Å². The van der Waals surface area contributed by atoms with Crippen LogP contribution in [0.25, 0.3) is 0 Å². The fourth-order valence-electron chi connectivity index (χ4n) is 1.95. The summed E-state index contributed by atoms with van der Waals surface area (Å²) >= 11 is 0. The minimum Gasteiger partial charge on any atom is -0.497 e. The molecule has 0 unspecified atom stereocenters. The zero-order valence-corrected chi connectivity index (χ0v) is 10.3. The first kappa shape index (κ1) is 13.0. The average molecular weight is 264 g/mol. The Balaban J connectivity index is 2.27. The molecule has 1 fully saturated rings. The van der Waals surface area contributed by atoms with Gasteiger partial charge in [0.15, 0.2) is 0 Å². The zero-order chi connectivity index (χ0) is 14.0. The Hall–Kier alpha value is -2.44. The molecule has 1 aromatic carbocycles. The van der Waals surface area contributed by atoms with E-state index in [1.165, 1.54) is 24.1 Å². The van der Waals surface area contributed by atoms with Gasteiger partial charge in [-0.05, 0) is 12.1 Å². The molecule has 1 heterocycles. The largest absolute Gasteiger partial charge is 0.497 e. The predicted octanol–water partition coefficient (Wildman–Crippen LogP) is 0.905. The van der Waals surface area contributed by atoms with Crippen LogP contribution in [0, 0.1) is 10.1 Å². The molecule has 0 bridgehead atoms. The summed E-state index contributed by atoms with van der Waals surface area (Å²) in [6.07, 6.45) is 0.169. The van der Waals surface area contributed by atoms with Crippen LogP contribution in [0.15, 0.2) is 18.2 Å². The number of carbonyl (C=O) groups is 2. The first-order valence-corrected chi connectivity index (χ1v) is 5.66. The Morgan fingerprint density at radius 1 is 1.42 bits per heavy atom. The molecule has 0 N–H and O–H groups in total. The fourth-order valence-corrected chi connectivity index (χ4v) is 1.95. The van der Waals surface area contributed by atoms with Crippen molar-refractivity contribution >= 4 is 17.4 Å². The van der Waals surface area contributed by atoms with Gasteiger partial charge in [-0.25, -0.2) is 0 Å². The van der Waals surface area contributed by atoms with E-state index in [0.717, 1.165) is 0 Å². The predicted molar refractivity (Wildman–Crippen MR) is 64.7 cm³/mol. The first-order valence-electron chi connectivity index (χ1n) is 5.66. The molecule has 0 atom stereocenters. The summed E-state index contributed by atoms with van der Waals surface area (Å²) in [5.41, 5.74) is 0.264. The van der Waals surface area contributed by atoms with Crippen molar-refractivity contribution in [2.24, 2.45) is 0 Å². The highest BCUT2D eigenvalue weighted by Gasteiger charge is 2.30. The van der Waals surface area contributed by atoms with Crippen molar-refractivity contribution in [1.82, 2.24) is 4.90 Å². The van der Waals surface area contributed by atoms with E-state index < -0.39 is 16.6 Å². The summed E-state index contributed by atoms with van der Waals surface area (Å²) in [6, 6.07) is 4.43. The molecule has 0 saturated carbocycles. The number of nitrogens with zero attached hydrogens (tertiary/aromatic N) is 2. The van der Waals surface area contributed by atoms with Crippen LogP contribution in [0.5, 0.6) is 5.75 Å². The van der Waals surface area contributed by atoms with Crippen LogP contribution in [0.1, 0.15) is 12.0 Å². The van der Waals surface area contributed by atoms with E-state index in [-0.39, 0.29) is 18.7 Å². The van der Waals surface area contributed by atoms with Gasteiger partial charge in [-0.1, -0.05) is 0 Å². The van der Waals surface area contributed by atoms with Gasteiger partial charge in [-0.2, -0.15) is 0 Å². The van der Waals surface area contributed by atoms with E-state index in [0.29, 0.717) is 17.9 Å². The summed E-state index contributed by atoms with van der Waals surface area (Å²) in [4.78, 5) is 34.4. The van der Waals surface area contributed by atoms with E-state index >= 15 is 0 Å². The third-order valence-corrected chi connectivity index (χ3v) is 2.98. The Labute approximate surface area is 108 Å². The molecule has 1 saturated heterocycles. The van der Waals surface area contributed by atoms with Crippen molar-refractivity contribution in [2.45, 2.75) is 13.0 Å². The maximum atomic E-state index is 11.5. The number of benzene rings is 1. The maximum Gasteiger partial charge on any atom is 0.290 e.